The number of hydrogen-bond donors (Lipinski definition) is 3. The van der Waals surface area contributed by atoms with Gasteiger partial charge in [0.25, 0.3) is 0 Å². The fraction of sp³-hybridized carbons (Fsp3) is 0.231. The van der Waals surface area contributed by atoms with Crippen LogP contribution in [0.25, 0.3) is 0 Å². The predicted octanol–water partition coefficient (Wildman–Crippen LogP) is 1.80. The first-order valence-corrected chi connectivity index (χ1v) is 6.69. The van der Waals surface area contributed by atoms with Gasteiger partial charge in [-0.2, -0.15) is 0 Å². The molecule has 2 aromatic rings. The summed E-state index contributed by atoms with van der Waals surface area (Å²) in [6, 6.07) is 4.82. The van der Waals surface area contributed by atoms with E-state index in [9.17, 15) is 9.90 Å². The molecule has 4 N–H and O–H groups in total. The third-order valence-electron chi connectivity index (χ3n) is 2.60. The molecule has 0 radical (unpaired) electrons. The van der Waals surface area contributed by atoms with Gasteiger partial charge in [0.15, 0.2) is 0 Å². The summed E-state index contributed by atoms with van der Waals surface area (Å²) in [7, 11) is 0. The summed E-state index contributed by atoms with van der Waals surface area (Å²) in [5.41, 5.74) is 7.70. The Kier molecular flexibility index (Phi) is 4.13. The lowest BCUT2D eigenvalue weighted by Gasteiger charge is -2.07. The van der Waals surface area contributed by atoms with Crippen molar-refractivity contribution in [3.63, 3.8) is 0 Å². The number of amides is 1. The van der Waals surface area contributed by atoms with Gasteiger partial charge in [0.2, 0.25) is 5.91 Å². The molecular formula is C13H15N3O2S. The summed E-state index contributed by atoms with van der Waals surface area (Å²) in [6.45, 7) is 2.22. The van der Waals surface area contributed by atoms with Crippen molar-refractivity contribution in [1.82, 2.24) is 4.98 Å². The predicted molar refractivity (Wildman–Crippen MR) is 75.2 cm³/mol. The first kappa shape index (κ1) is 13.5. The Labute approximate surface area is 115 Å². The van der Waals surface area contributed by atoms with Gasteiger partial charge in [0.05, 0.1) is 12.1 Å². The molecule has 0 aliphatic carbocycles. The molecule has 1 amide bonds. The molecule has 5 nitrogen and oxygen atoms in total. The number of aryl methyl sites for hydroxylation is 1. The van der Waals surface area contributed by atoms with Crippen molar-refractivity contribution < 1.29 is 9.90 Å². The number of benzene rings is 1. The summed E-state index contributed by atoms with van der Waals surface area (Å²) in [5, 5.41) is 14.8. The Morgan fingerprint density at radius 2 is 2.32 bits per heavy atom. The summed E-state index contributed by atoms with van der Waals surface area (Å²) in [6.07, 6.45) is 0.219. The number of nitrogens with two attached hydrogens (primary N) is 1. The average Bonchev–Trinajstić information content (AvgIpc) is 2.80. The number of hydrogen-bond acceptors (Lipinski definition) is 5. The molecule has 0 saturated heterocycles. The lowest BCUT2D eigenvalue weighted by molar-refractivity contribution is -0.115. The van der Waals surface area contributed by atoms with Crippen LogP contribution in [0.2, 0.25) is 0 Å². The third kappa shape index (κ3) is 3.52. The van der Waals surface area contributed by atoms with Crippen LogP contribution in [0.1, 0.15) is 16.3 Å². The number of carbonyl (C=O) groups is 1. The smallest absolute Gasteiger partial charge is 0.230 e. The van der Waals surface area contributed by atoms with E-state index in [1.165, 1.54) is 17.4 Å². The minimum atomic E-state index is -0.136. The molecule has 0 unspecified atom stereocenters. The van der Waals surface area contributed by atoms with Gasteiger partial charge in [-0.25, -0.2) is 4.98 Å². The second-order valence-electron chi connectivity index (χ2n) is 4.16. The topological polar surface area (TPSA) is 88.2 Å². The maximum Gasteiger partial charge on any atom is 0.230 e. The molecule has 0 bridgehead atoms. The van der Waals surface area contributed by atoms with E-state index in [0.717, 1.165) is 16.3 Å². The van der Waals surface area contributed by atoms with Gasteiger partial charge in [0, 0.05) is 17.6 Å². The van der Waals surface area contributed by atoms with Gasteiger partial charge in [0.1, 0.15) is 10.8 Å². The summed E-state index contributed by atoms with van der Waals surface area (Å²) in [4.78, 5) is 16.1. The number of aromatic hydroxyl groups is 1. The van der Waals surface area contributed by atoms with E-state index >= 15 is 0 Å². The minimum absolute atomic E-state index is 0.136. The molecule has 2 rings (SSSR count). The second-order valence-corrected chi connectivity index (χ2v) is 5.10. The summed E-state index contributed by atoms with van der Waals surface area (Å²) >= 11 is 1.45. The van der Waals surface area contributed by atoms with Gasteiger partial charge in [-0.15, -0.1) is 11.3 Å². The molecule has 0 spiro atoms. The molecule has 6 heteroatoms. The number of phenolic OH excluding ortho intramolecular Hbond substituents is 1. The molecule has 19 heavy (non-hydrogen) atoms. The lowest BCUT2D eigenvalue weighted by Crippen LogP contribution is -2.15. The fourth-order valence-corrected chi connectivity index (χ4v) is 2.35. The van der Waals surface area contributed by atoms with Gasteiger partial charge in [-0.1, -0.05) is 0 Å². The number of nitrogens with zero attached hydrogens (tertiary/aromatic N) is 1. The Morgan fingerprint density at radius 3 is 2.95 bits per heavy atom. The molecule has 1 heterocycles. The summed E-state index contributed by atoms with van der Waals surface area (Å²) in [5.74, 6) is 0.0465. The van der Waals surface area contributed by atoms with E-state index in [-0.39, 0.29) is 18.1 Å². The van der Waals surface area contributed by atoms with Crippen LogP contribution in [-0.4, -0.2) is 16.0 Å². The zero-order valence-electron chi connectivity index (χ0n) is 10.5. The highest BCUT2D eigenvalue weighted by molar-refractivity contribution is 7.09. The molecular weight excluding hydrogens is 262 g/mol. The van der Waals surface area contributed by atoms with Gasteiger partial charge >= 0.3 is 0 Å². The largest absolute Gasteiger partial charge is 0.508 e. The number of nitrogens with one attached hydrogen (secondary N) is 1. The van der Waals surface area contributed by atoms with Gasteiger partial charge in [-0.3, -0.25) is 4.79 Å². The highest BCUT2D eigenvalue weighted by Crippen LogP contribution is 2.20. The van der Waals surface area contributed by atoms with Crippen LogP contribution in [0.5, 0.6) is 5.75 Å². The Bertz CT molecular complexity index is 595. The SMILES string of the molecule is Cc1cc(O)ccc1NC(=O)Cc1csc(CN)n1. The van der Waals surface area contributed by atoms with Crippen LogP contribution in [0.3, 0.4) is 0 Å². The van der Waals surface area contributed by atoms with E-state index in [4.69, 9.17) is 5.73 Å². The zero-order chi connectivity index (χ0) is 13.8. The normalized spacial score (nSPS) is 10.4. The molecule has 0 aliphatic rings. The standard InChI is InChI=1S/C13H15N3O2S/c1-8-4-10(17)2-3-11(8)16-12(18)5-9-7-19-13(6-14)15-9/h2-4,7,17H,5-6,14H2,1H3,(H,16,18). The van der Waals surface area contributed by atoms with Crippen LogP contribution < -0.4 is 11.1 Å². The van der Waals surface area contributed by atoms with Crippen molar-refractivity contribution in [3.8, 4) is 5.75 Å². The molecule has 0 aliphatic heterocycles. The van der Waals surface area contributed by atoms with Crippen LogP contribution in [0, 0.1) is 6.92 Å². The lowest BCUT2D eigenvalue weighted by atomic mass is 10.2. The van der Waals surface area contributed by atoms with Crippen molar-refractivity contribution in [2.24, 2.45) is 5.73 Å². The van der Waals surface area contributed by atoms with E-state index < -0.39 is 0 Å². The highest BCUT2D eigenvalue weighted by Gasteiger charge is 2.09. The summed E-state index contributed by atoms with van der Waals surface area (Å²) < 4.78 is 0. The number of thiazole rings is 1. The van der Waals surface area contributed by atoms with Crippen LogP contribution >= 0.6 is 11.3 Å². The number of anilines is 1. The monoisotopic (exact) mass is 277 g/mol. The average molecular weight is 277 g/mol. The third-order valence-corrected chi connectivity index (χ3v) is 3.52. The molecule has 100 valence electrons. The van der Waals surface area contributed by atoms with E-state index in [0.29, 0.717) is 12.2 Å². The van der Waals surface area contributed by atoms with E-state index in [1.807, 2.05) is 12.3 Å². The first-order chi connectivity index (χ1) is 9.08. The minimum Gasteiger partial charge on any atom is -0.508 e. The molecule has 1 aromatic heterocycles. The number of phenols is 1. The Hall–Kier alpha value is -1.92. The fourth-order valence-electron chi connectivity index (χ4n) is 1.67. The van der Waals surface area contributed by atoms with Crippen molar-refractivity contribution in [2.75, 3.05) is 5.32 Å². The van der Waals surface area contributed by atoms with Crippen molar-refractivity contribution in [3.05, 3.63) is 39.8 Å². The quantitative estimate of drug-likeness (QED) is 0.743. The van der Waals surface area contributed by atoms with E-state index in [1.54, 1.807) is 12.1 Å². The maximum absolute atomic E-state index is 11.9. The van der Waals surface area contributed by atoms with Gasteiger partial charge < -0.3 is 16.2 Å². The first-order valence-electron chi connectivity index (χ1n) is 5.81. The Morgan fingerprint density at radius 1 is 1.53 bits per heavy atom. The van der Waals surface area contributed by atoms with Crippen LogP contribution in [0.4, 0.5) is 5.69 Å². The number of aromatic nitrogens is 1. The molecule has 1 aromatic carbocycles. The number of carbonyl (C=O) groups excluding carboxylic acids is 1. The molecule has 0 saturated carbocycles. The highest BCUT2D eigenvalue weighted by atomic mass is 32.1. The van der Waals surface area contributed by atoms with Crippen molar-refractivity contribution >= 4 is 22.9 Å². The van der Waals surface area contributed by atoms with Crippen molar-refractivity contribution in [1.29, 1.82) is 0 Å². The second kappa shape index (κ2) is 5.81. The number of rotatable bonds is 4. The van der Waals surface area contributed by atoms with Crippen LogP contribution in [0.15, 0.2) is 23.6 Å². The Balaban J connectivity index is 2.01. The van der Waals surface area contributed by atoms with Crippen molar-refractivity contribution in [2.45, 2.75) is 19.9 Å². The zero-order valence-corrected chi connectivity index (χ0v) is 11.3. The molecule has 0 atom stereocenters. The van der Waals surface area contributed by atoms with Gasteiger partial charge in [-0.05, 0) is 30.7 Å². The maximum atomic E-state index is 11.9. The van der Waals surface area contributed by atoms with E-state index in [2.05, 4.69) is 10.3 Å². The molecule has 0 fully saturated rings. The van der Waals surface area contributed by atoms with Crippen LogP contribution in [-0.2, 0) is 17.8 Å².